The Morgan fingerprint density at radius 2 is 2.00 bits per heavy atom. The summed E-state index contributed by atoms with van der Waals surface area (Å²) in [7, 11) is 0. The summed E-state index contributed by atoms with van der Waals surface area (Å²) in [5.41, 5.74) is 0.662. The van der Waals surface area contributed by atoms with E-state index in [0.29, 0.717) is 5.56 Å². The van der Waals surface area contributed by atoms with E-state index in [4.69, 9.17) is 0 Å². The van der Waals surface area contributed by atoms with Crippen molar-refractivity contribution in [3.05, 3.63) is 23.8 Å². The molecule has 0 aliphatic carbocycles. The summed E-state index contributed by atoms with van der Waals surface area (Å²) in [6, 6.07) is 5.04. The number of hydrogen-bond donors (Lipinski definition) is 2. The number of benzene rings is 1. The first-order valence-electron chi connectivity index (χ1n) is 6.88. The molecule has 0 amide bonds. The third-order valence-corrected chi connectivity index (χ3v) is 4.04. The summed E-state index contributed by atoms with van der Waals surface area (Å²) in [5, 5.41) is 19.8. The van der Waals surface area contributed by atoms with E-state index in [9.17, 15) is 10.2 Å². The summed E-state index contributed by atoms with van der Waals surface area (Å²) < 4.78 is 0. The summed E-state index contributed by atoms with van der Waals surface area (Å²) in [6.45, 7) is 6.41. The fourth-order valence-corrected chi connectivity index (χ4v) is 3.01. The number of rotatable bonds is 4. The van der Waals surface area contributed by atoms with E-state index < -0.39 is 0 Å². The molecule has 2 N–H and O–H groups in total. The molecule has 100 valence electrons. The van der Waals surface area contributed by atoms with E-state index in [-0.39, 0.29) is 17.5 Å². The molecule has 2 atom stereocenters. The van der Waals surface area contributed by atoms with Crippen molar-refractivity contribution in [2.24, 2.45) is 5.92 Å². The van der Waals surface area contributed by atoms with E-state index in [2.05, 4.69) is 18.7 Å². The quantitative estimate of drug-likeness (QED) is 0.860. The van der Waals surface area contributed by atoms with Gasteiger partial charge in [0.1, 0.15) is 11.5 Å². The van der Waals surface area contributed by atoms with Gasteiger partial charge in [0.05, 0.1) is 5.56 Å². The molecular weight excluding hydrogens is 226 g/mol. The highest BCUT2D eigenvalue weighted by atomic mass is 16.3. The maximum Gasteiger partial charge on any atom is 0.124 e. The van der Waals surface area contributed by atoms with Crippen LogP contribution in [0.25, 0.3) is 0 Å². The van der Waals surface area contributed by atoms with Crippen LogP contribution in [-0.2, 0) is 0 Å². The Morgan fingerprint density at radius 1 is 1.33 bits per heavy atom. The summed E-state index contributed by atoms with van der Waals surface area (Å²) in [4.78, 5) is 2.36. The van der Waals surface area contributed by atoms with Crippen LogP contribution in [0.3, 0.4) is 0 Å². The van der Waals surface area contributed by atoms with Gasteiger partial charge in [-0.2, -0.15) is 0 Å². The molecule has 0 spiro atoms. The van der Waals surface area contributed by atoms with Gasteiger partial charge in [-0.3, -0.25) is 4.90 Å². The lowest BCUT2D eigenvalue weighted by Gasteiger charge is -2.26. The molecular formula is C15H23NO2. The molecule has 1 aliphatic heterocycles. The van der Waals surface area contributed by atoms with Gasteiger partial charge in [0.25, 0.3) is 0 Å². The average Bonchev–Trinajstić information content (AvgIpc) is 2.78. The zero-order chi connectivity index (χ0) is 13.1. The molecule has 2 rings (SSSR count). The number of phenols is 2. The topological polar surface area (TPSA) is 43.7 Å². The van der Waals surface area contributed by atoms with Crippen molar-refractivity contribution in [3.8, 4) is 11.5 Å². The molecule has 0 saturated carbocycles. The van der Waals surface area contributed by atoms with Crippen LogP contribution in [0.15, 0.2) is 18.2 Å². The van der Waals surface area contributed by atoms with Gasteiger partial charge in [0, 0.05) is 12.6 Å². The highest BCUT2D eigenvalue weighted by molar-refractivity contribution is 5.45. The van der Waals surface area contributed by atoms with E-state index in [1.54, 1.807) is 18.2 Å². The monoisotopic (exact) mass is 249 g/mol. The van der Waals surface area contributed by atoms with E-state index in [1.165, 1.54) is 19.3 Å². The minimum Gasteiger partial charge on any atom is -0.507 e. The Balaban J connectivity index is 2.10. The number of aromatic hydroxyl groups is 2. The zero-order valence-corrected chi connectivity index (χ0v) is 11.3. The molecule has 0 radical (unpaired) electrons. The Hall–Kier alpha value is -1.22. The van der Waals surface area contributed by atoms with E-state index in [0.717, 1.165) is 19.0 Å². The van der Waals surface area contributed by atoms with Crippen LogP contribution in [0.1, 0.15) is 44.7 Å². The van der Waals surface area contributed by atoms with Crippen molar-refractivity contribution in [1.29, 1.82) is 0 Å². The first-order valence-corrected chi connectivity index (χ1v) is 6.88. The molecule has 1 aromatic carbocycles. The molecule has 1 aromatic rings. The van der Waals surface area contributed by atoms with Gasteiger partial charge in [0.15, 0.2) is 0 Å². The Labute approximate surface area is 109 Å². The molecule has 1 aliphatic rings. The molecule has 0 bridgehead atoms. The van der Waals surface area contributed by atoms with E-state index in [1.807, 2.05) is 0 Å². The lowest BCUT2D eigenvalue weighted by molar-refractivity contribution is 0.240. The predicted octanol–water partition coefficient (Wildman–Crippen LogP) is 3.28. The number of phenolic OH excluding ortho intramolecular Hbond substituents is 2. The fourth-order valence-electron chi connectivity index (χ4n) is 3.01. The second kappa shape index (κ2) is 5.61. The smallest absolute Gasteiger partial charge is 0.124 e. The molecule has 2 unspecified atom stereocenters. The molecule has 1 heterocycles. The molecule has 0 aromatic heterocycles. The molecule has 3 nitrogen and oxygen atoms in total. The van der Waals surface area contributed by atoms with Gasteiger partial charge in [0.2, 0.25) is 0 Å². The number of likely N-dealkylation sites (tertiary alicyclic amines) is 1. The highest BCUT2D eigenvalue weighted by Crippen LogP contribution is 2.38. The van der Waals surface area contributed by atoms with Gasteiger partial charge >= 0.3 is 0 Å². The van der Waals surface area contributed by atoms with Gasteiger partial charge in [-0.25, -0.2) is 0 Å². The summed E-state index contributed by atoms with van der Waals surface area (Å²) in [6.07, 6.45) is 3.73. The van der Waals surface area contributed by atoms with Crippen molar-refractivity contribution in [1.82, 2.24) is 4.90 Å². The van der Waals surface area contributed by atoms with Crippen molar-refractivity contribution >= 4 is 0 Å². The lowest BCUT2D eigenvalue weighted by Crippen LogP contribution is -2.24. The zero-order valence-electron chi connectivity index (χ0n) is 11.3. The largest absolute Gasteiger partial charge is 0.507 e. The van der Waals surface area contributed by atoms with Crippen molar-refractivity contribution in [2.75, 3.05) is 13.1 Å². The van der Waals surface area contributed by atoms with Crippen LogP contribution in [0, 0.1) is 5.92 Å². The standard InChI is InChI=1S/C15H23NO2/c1-3-5-12-8-9-16(10-12)11(2)15-13(17)6-4-7-14(15)18/h4,6-7,11-12,17-18H,3,5,8-10H2,1-2H3. The Kier molecular flexibility index (Phi) is 4.12. The summed E-state index contributed by atoms with van der Waals surface area (Å²) >= 11 is 0. The van der Waals surface area contributed by atoms with Crippen LogP contribution in [0.4, 0.5) is 0 Å². The second-order valence-electron chi connectivity index (χ2n) is 5.32. The van der Waals surface area contributed by atoms with Crippen LogP contribution >= 0.6 is 0 Å². The predicted molar refractivity (Wildman–Crippen MR) is 72.8 cm³/mol. The third kappa shape index (κ3) is 2.61. The van der Waals surface area contributed by atoms with Crippen LogP contribution in [0.5, 0.6) is 11.5 Å². The maximum atomic E-state index is 9.90. The van der Waals surface area contributed by atoms with Crippen LogP contribution in [-0.4, -0.2) is 28.2 Å². The van der Waals surface area contributed by atoms with Crippen molar-refractivity contribution in [3.63, 3.8) is 0 Å². The third-order valence-electron chi connectivity index (χ3n) is 4.04. The van der Waals surface area contributed by atoms with Crippen molar-refractivity contribution < 1.29 is 10.2 Å². The highest BCUT2D eigenvalue weighted by Gasteiger charge is 2.28. The molecule has 1 saturated heterocycles. The van der Waals surface area contributed by atoms with Crippen LogP contribution < -0.4 is 0 Å². The average molecular weight is 249 g/mol. The minimum atomic E-state index is 0.0769. The molecule has 18 heavy (non-hydrogen) atoms. The van der Waals surface area contributed by atoms with Gasteiger partial charge in [-0.15, -0.1) is 0 Å². The first kappa shape index (κ1) is 13.2. The normalized spacial score (nSPS) is 22.2. The lowest BCUT2D eigenvalue weighted by atomic mass is 10.0. The first-order chi connectivity index (χ1) is 8.63. The number of nitrogens with zero attached hydrogens (tertiary/aromatic N) is 1. The number of hydrogen-bond acceptors (Lipinski definition) is 3. The van der Waals surface area contributed by atoms with Gasteiger partial charge in [-0.05, 0) is 44.4 Å². The SMILES string of the molecule is CCCC1CCN(C(C)c2c(O)cccc2O)C1. The Bertz CT molecular complexity index is 385. The van der Waals surface area contributed by atoms with Crippen molar-refractivity contribution in [2.45, 2.75) is 39.2 Å². The second-order valence-corrected chi connectivity index (χ2v) is 5.32. The molecule has 1 fully saturated rings. The maximum absolute atomic E-state index is 9.90. The van der Waals surface area contributed by atoms with Crippen LogP contribution in [0.2, 0.25) is 0 Å². The Morgan fingerprint density at radius 3 is 2.61 bits per heavy atom. The molecule has 3 heteroatoms. The van der Waals surface area contributed by atoms with Gasteiger partial charge < -0.3 is 10.2 Å². The fraction of sp³-hybridized carbons (Fsp3) is 0.600. The van der Waals surface area contributed by atoms with Gasteiger partial charge in [-0.1, -0.05) is 19.4 Å². The van der Waals surface area contributed by atoms with E-state index >= 15 is 0 Å². The minimum absolute atomic E-state index is 0.0769. The summed E-state index contributed by atoms with van der Waals surface area (Å²) in [5.74, 6) is 1.16.